The molecule has 0 radical (unpaired) electrons. The number of nitrogens with zero attached hydrogens (tertiary/aromatic N) is 3. The number of rotatable bonds is 3. The Balaban J connectivity index is 1.80. The van der Waals surface area contributed by atoms with Crippen molar-refractivity contribution < 1.29 is 14.1 Å². The van der Waals surface area contributed by atoms with Crippen molar-refractivity contribution in [2.24, 2.45) is 10.4 Å². The Morgan fingerprint density at radius 3 is 2.59 bits per heavy atom. The maximum absolute atomic E-state index is 15.0. The lowest BCUT2D eigenvalue weighted by molar-refractivity contribution is -0.385. The zero-order valence-electron chi connectivity index (χ0n) is 18.4. The van der Waals surface area contributed by atoms with E-state index in [9.17, 15) is 24.1 Å². The quantitative estimate of drug-likeness (QED) is 0.425. The second-order valence-electron chi connectivity index (χ2n) is 9.22. The van der Waals surface area contributed by atoms with Crippen LogP contribution in [0.5, 0.6) is 0 Å². The highest BCUT2D eigenvalue weighted by atomic mass is 32.1. The first-order valence-corrected chi connectivity index (χ1v) is 11.5. The van der Waals surface area contributed by atoms with Crippen LogP contribution >= 0.6 is 11.3 Å². The summed E-state index contributed by atoms with van der Waals surface area (Å²) < 4.78 is 16.5. The molecule has 5 rings (SSSR count). The van der Waals surface area contributed by atoms with Crippen LogP contribution in [0.25, 0.3) is 6.08 Å². The van der Waals surface area contributed by atoms with Gasteiger partial charge >= 0.3 is 0 Å². The van der Waals surface area contributed by atoms with Crippen LogP contribution in [0.2, 0.25) is 0 Å². The molecule has 0 fully saturated rings. The van der Waals surface area contributed by atoms with Crippen molar-refractivity contribution >= 4 is 28.9 Å². The summed E-state index contributed by atoms with van der Waals surface area (Å²) in [7, 11) is 0. The van der Waals surface area contributed by atoms with Crippen LogP contribution < -0.4 is 14.9 Å². The lowest BCUT2D eigenvalue weighted by Gasteiger charge is -2.35. The molecule has 9 heteroatoms. The molecule has 34 heavy (non-hydrogen) atoms. The number of thiazole rings is 1. The Hall–Kier alpha value is -3.72. The Morgan fingerprint density at radius 1 is 1.15 bits per heavy atom. The fourth-order valence-electron chi connectivity index (χ4n) is 4.66. The summed E-state index contributed by atoms with van der Waals surface area (Å²) in [4.78, 5) is 42.7. The third kappa shape index (κ3) is 3.62. The number of carbonyl (C=O) groups excluding carboxylic acids is 1. The monoisotopic (exact) mass is 477 g/mol. The molecule has 3 aromatic rings. The molecule has 0 saturated heterocycles. The number of hydrogen-bond acceptors (Lipinski definition) is 6. The van der Waals surface area contributed by atoms with E-state index in [1.807, 2.05) is 13.8 Å². The first-order chi connectivity index (χ1) is 16.2. The van der Waals surface area contributed by atoms with E-state index in [4.69, 9.17) is 0 Å². The lowest BCUT2D eigenvalue weighted by atomic mass is 9.73. The lowest BCUT2D eigenvalue weighted by Crippen LogP contribution is -2.42. The number of carbonyl (C=O) groups is 1. The van der Waals surface area contributed by atoms with Gasteiger partial charge in [0.1, 0.15) is 5.82 Å². The number of hydrogen-bond donors (Lipinski definition) is 0. The molecule has 2 heterocycles. The number of nitro benzene ring substituents is 1. The van der Waals surface area contributed by atoms with Crippen molar-refractivity contribution in [3.8, 4) is 0 Å². The van der Waals surface area contributed by atoms with E-state index in [-0.39, 0.29) is 39.0 Å². The molecule has 1 aliphatic carbocycles. The molecule has 0 amide bonds. The van der Waals surface area contributed by atoms with Crippen LogP contribution in [-0.2, 0) is 4.79 Å². The van der Waals surface area contributed by atoms with Crippen LogP contribution in [0.1, 0.15) is 43.9 Å². The van der Waals surface area contributed by atoms with Gasteiger partial charge in [0.2, 0.25) is 0 Å². The van der Waals surface area contributed by atoms with Gasteiger partial charge in [0.05, 0.1) is 26.8 Å². The number of aromatic nitrogens is 1. The van der Waals surface area contributed by atoms with Gasteiger partial charge in [0.15, 0.2) is 10.6 Å². The minimum Gasteiger partial charge on any atom is -0.294 e. The highest BCUT2D eigenvalue weighted by Gasteiger charge is 2.41. The van der Waals surface area contributed by atoms with E-state index in [0.29, 0.717) is 22.5 Å². The van der Waals surface area contributed by atoms with Crippen LogP contribution in [0, 0.1) is 21.3 Å². The summed E-state index contributed by atoms with van der Waals surface area (Å²) >= 11 is 1.08. The molecule has 1 aliphatic heterocycles. The molecular formula is C25H20FN3O4S. The van der Waals surface area contributed by atoms with Gasteiger partial charge < -0.3 is 0 Å². The number of benzene rings is 2. The second kappa shape index (κ2) is 7.95. The number of nitro groups is 1. The molecule has 172 valence electrons. The first-order valence-electron chi connectivity index (χ1n) is 10.7. The van der Waals surface area contributed by atoms with Gasteiger partial charge in [-0.15, -0.1) is 0 Å². The molecule has 1 unspecified atom stereocenters. The molecule has 2 aliphatic rings. The van der Waals surface area contributed by atoms with Gasteiger partial charge in [-0.3, -0.25) is 24.3 Å². The summed E-state index contributed by atoms with van der Waals surface area (Å²) in [6.07, 6.45) is 2.25. The molecule has 0 bridgehead atoms. The number of ketones is 1. The second-order valence-corrected chi connectivity index (χ2v) is 10.2. The summed E-state index contributed by atoms with van der Waals surface area (Å²) in [5.41, 5.74) is 0.493. The summed E-state index contributed by atoms with van der Waals surface area (Å²) in [6.45, 7) is 3.96. The van der Waals surface area contributed by atoms with Crippen molar-refractivity contribution in [3.05, 3.63) is 107 Å². The Bertz CT molecular complexity index is 1580. The third-order valence-electron chi connectivity index (χ3n) is 6.12. The van der Waals surface area contributed by atoms with Crippen molar-refractivity contribution in [3.63, 3.8) is 0 Å². The standard InChI is InChI=1S/C25H20FN3O4S/c1-25(2)12-17-21(19(30)13-25)22(15-8-4-5-9-16(15)26)28-23(31)20(34-24(28)27-17)11-14-7-3-6-10-18(14)29(32)33/h3-11,22H,12-13H2,1-2H3. The van der Waals surface area contributed by atoms with E-state index < -0.39 is 22.3 Å². The average Bonchev–Trinajstić information content (AvgIpc) is 3.07. The highest BCUT2D eigenvalue weighted by molar-refractivity contribution is 7.07. The van der Waals surface area contributed by atoms with Gasteiger partial charge in [0.25, 0.3) is 11.2 Å². The maximum atomic E-state index is 15.0. The van der Waals surface area contributed by atoms with E-state index >= 15 is 0 Å². The van der Waals surface area contributed by atoms with Gasteiger partial charge in [0, 0.05) is 23.6 Å². The topological polar surface area (TPSA) is 94.6 Å². The molecule has 0 saturated carbocycles. The Morgan fingerprint density at radius 2 is 1.85 bits per heavy atom. The molecule has 0 spiro atoms. The van der Waals surface area contributed by atoms with Crippen molar-refractivity contribution in [1.82, 2.24) is 4.57 Å². The van der Waals surface area contributed by atoms with E-state index in [0.717, 1.165) is 11.3 Å². The highest BCUT2D eigenvalue weighted by Crippen LogP contribution is 2.43. The molecular weight excluding hydrogens is 457 g/mol. The number of para-hydroxylation sites is 1. The Kier molecular flexibility index (Phi) is 5.16. The van der Waals surface area contributed by atoms with E-state index in [1.54, 1.807) is 36.4 Å². The number of halogens is 1. The van der Waals surface area contributed by atoms with Crippen molar-refractivity contribution in [2.45, 2.75) is 32.7 Å². The normalized spacial score (nSPS) is 19.4. The predicted molar refractivity (Wildman–Crippen MR) is 126 cm³/mol. The van der Waals surface area contributed by atoms with Gasteiger partial charge in [-0.1, -0.05) is 55.5 Å². The number of Topliss-reactive ketones (excluding diaryl/α,β-unsaturated/α-hetero) is 1. The van der Waals surface area contributed by atoms with Gasteiger partial charge in [-0.05, 0) is 30.0 Å². The minimum atomic E-state index is -0.941. The van der Waals surface area contributed by atoms with Crippen molar-refractivity contribution in [2.75, 3.05) is 0 Å². The summed E-state index contributed by atoms with van der Waals surface area (Å²) in [5, 5.41) is 11.4. The molecule has 7 nitrogen and oxygen atoms in total. The fraction of sp³-hybridized carbons (Fsp3) is 0.240. The predicted octanol–water partition coefficient (Wildman–Crippen LogP) is 3.65. The van der Waals surface area contributed by atoms with Gasteiger partial charge in [-0.2, -0.15) is 0 Å². The third-order valence-corrected chi connectivity index (χ3v) is 7.10. The van der Waals surface area contributed by atoms with E-state index in [1.165, 1.54) is 22.8 Å². The molecule has 0 N–H and O–H groups in total. The van der Waals surface area contributed by atoms with Crippen LogP contribution in [-0.4, -0.2) is 15.3 Å². The zero-order chi connectivity index (χ0) is 24.2. The SMILES string of the molecule is CC1(C)CC(=O)C2=C(C1)N=c1sc(=Cc3ccccc3[N+](=O)[O-])c(=O)n1C2c1ccccc1F. The van der Waals surface area contributed by atoms with Gasteiger partial charge in [-0.25, -0.2) is 9.38 Å². The smallest absolute Gasteiger partial charge is 0.276 e. The van der Waals surface area contributed by atoms with Crippen molar-refractivity contribution in [1.29, 1.82) is 0 Å². The number of allylic oxidation sites excluding steroid dienone is 2. The minimum absolute atomic E-state index is 0.129. The van der Waals surface area contributed by atoms with Crippen LogP contribution in [0.4, 0.5) is 10.1 Å². The first kappa shape index (κ1) is 22.1. The fourth-order valence-corrected chi connectivity index (χ4v) is 5.67. The molecule has 2 aromatic carbocycles. The average molecular weight is 478 g/mol. The number of fused-ring (bicyclic) bond motifs is 1. The molecule has 1 aromatic heterocycles. The van der Waals surface area contributed by atoms with Crippen LogP contribution in [0.3, 0.4) is 0 Å². The largest absolute Gasteiger partial charge is 0.294 e. The maximum Gasteiger partial charge on any atom is 0.276 e. The van der Waals surface area contributed by atoms with Crippen LogP contribution in [0.15, 0.2) is 69.6 Å². The summed E-state index contributed by atoms with van der Waals surface area (Å²) in [5.74, 6) is -0.677. The zero-order valence-corrected chi connectivity index (χ0v) is 19.3. The molecule has 1 atom stereocenters. The van der Waals surface area contributed by atoms with E-state index in [2.05, 4.69) is 4.99 Å². The summed E-state index contributed by atoms with van der Waals surface area (Å²) in [6, 6.07) is 11.3. The Labute approximate surface area is 197 Å².